The van der Waals surface area contributed by atoms with Gasteiger partial charge in [0.1, 0.15) is 0 Å². The highest BCUT2D eigenvalue weighted by atomic mass is 35.5. The van der Waals surface area contributed by atoms with E-state index in [2.05, 4.69) is 10.2 Å². The monoisotopic (exact) mass is 292 g/mol. The lowest BCUT2D eigenvalue weighted by Crippen LogP contribution is -2.42. The highest BCUT2D eigenvalue weighted by molar-refractivity contribution is 6.33. The third-order valence-electron chi connectivity index (χ3n) is 4.21. The van der Waals surface area contributed by atoms with Crippen LogP contribution in [0, 0.1) is 5.92 Å². The summed E-state index contributed by atoms with van der Waals surface area (Å²) in [5.41, 5.74) is 0.643. The smallest absolute Gasteiger partial charge is 0.255 e. The molecule has 1 amide bonds. The van der Waals surface area contributed by atoms with Gasteiger partial charge in [-0.2, -0.15) is 0 Å². The van der Waals surface area contributed by atoms with Crippen LogP contribution < -0.4 is 5.32 Å². The highest BCUT2D eigenvalue weighted by Gasteiger charge is 2.35. The van der Waals surface area contributed by atoms with Gasteiger partial charge >= 0.3 is 0 Å². The predicted molar refractivity (Wildman–Crippen MR) is 81.1 cm³/mol. The fraction of sp³-hybridized carbons (Fsp3) is 0.562. The van der Waals surface area contributed by atoms with Gasteiger partial charge in [-0.1, -0.05) is 23.7 Å². The van der Waals surface area contributed by atoms with E-state index in [1.807, 2.05) is 18.2 Å². The summed E-state index contributed by atoms with van der Waals surface area (Å²) in [6, 6.07) is 7.81. The number of nitrogens with one attached hydrogen (secondary N) is 1. The van der Waals surface area contributed by atoms with Crippen LogP contribution in [0.25, 0.3) is 0 Å². The number of halogens is 1. The number of benzene rings is 1. The van der Waals surface area contributed by atoms with Crippen LogP contribution in [-0.4, -0.2) is 36.5 Å². The molecule has 0 aromatic heterocycles. The number of hydrogen-bond donors (Lipinski definition) is 1. The van der Waals surface area contributed by atoms with Gasteiger partial charge in [-0.15, -0.1) is 0 Å². The summed E-state index contributed by atoms with van der Waals surface area (Å²) in [6.07, 6.45) is 4.70. The zero-order chi connectivity index (χ0) is 13.9. The Morgan fingerprint density at radius 2 is 2.10 bits per heavy atom. The fourth-order valence-corrected chi connectivity index (χ4v) is 3.15. The molecule has 1 aliphatic heterocycles. The van der Waals surface area contributed by atoms with Crippen LogP contribution in [0.4, 0.5) is 0 Å². The molecule has 0 spiro atoms. The maximum atomic E-state index is 12.7. The Bertz CT molecular complexity index is 481. The van der Waals surface area contributed by atoms with Gasteiger partial charge in [-0.3, -0.25) is 4.79 Å². The highest BCUT2D eigenvalue weighted by Crippen LogP contribution is 2.31. The predicted octanol–water partition coefficient (Wildman–Crippen LogP) is 2.94. The van der Waals surface area contributed by atoms with Gasteiger partial charge in [0, 0.05) is 12.6 Å². The van der Waals surface area contributed by atoms with Crippen molar-refractivity contribution in [2.24, 2.45) is 5.92 Å². The molecular weight excluding hydrogens is 272 g/mol. The molecule has 1 heterocycles. The fourth-order valence-electron chi connectivity index (χ4n) is 2.93. The largest absolute Gasteiger partial charge is 0.335 e. The minimum Gasteiger partial charge on any atom is -0.335 e. The zero-order valence-corrected chi connectivity index (χ0v) is 12.4. The first-order valence-corrected chi connectivity index (χ1v) is 7.89. The summed E-state index contributed by atoms with van der Waals surface area (Å²) in [5, 5.41) is 3.99. The summed E-state index contributed by atoms with van der Waals surface area (Å²) in [7, 11) is 0. The number of piperidine rings is 1. The maximum Gasteiger partial charge on any atom is 0.255 e. The molecule has 1 atom stereocenters. The van der Waals surface area contributed by atoms with E-state index in [9.17, 15) is 4.79 Å². The lowest BCUT2D eigenvalue weighted by atomic mass is 9.98. The van der Waals surface area contributed by atoms with Crippen molar-refractivity contribution in [2.75, 3.05) is 19.6 Å². The standard InChI is InChI=1S/C16H21ClN2O/c17-15-6-2-1-5-14(15)16(20)19(13-7-8-13)11-12-4-3-9-18-10-12/h1-2,5-6,12-13,18H,3-4,7-11H2. The lowest BCUT2D eigenvalue weighted by molar-refractivity contribution is 0.0704. The van der Waals surface area contributed by atoms with Crippen LogP contribution in [0.3, 0.4) is 0 Å². The quantitative estimate of drug-likeness (QED) is 0.925. The average molecular weight is 293 g/mol. The number of hydrogen-bond acceptors (Lipinski definition) is 2. The van der Waals surface area contributed by atoms with E-state index in [-0.39, 0.29) is 5.91 Å². The van der Waals surface area contributed by atoms with Crippen LogP contribution >= 0.6 is 11.6 Å². The Hall–Kier alpha value is -1.06. The second kappa shape index (κ2) is 6.15. The van der Waals surface area contributed by atoms with E-state index in [0.29, 0.717) is 22.5 Å². The van der Waals surface area contributed by atoms with Crippen molar-refractivity contribution in [3.63, 3.8) is 0 Å². The molecule has 3 rings (SSSR count). The third kappa shape index (κ3) is 3.15. The molecule has 1 N–H and O–H groups in total. The van der Waals surface area contributed by atoms with E-state index in [1.54, 1.807) is 6.07 Å². The molecule has 1 saturated heterocycles. The first-order valence-electron chi connectivity index (χ1n) is 7.52. The summed E-state index contributed by atoms with van der Waals surface area (Å²) in [4.78, 5) is 14.8. The van der Waals surface area contributed by atoms with Crippen molar-refractivity contribution >= 4 is 17.5 Å². The van der Waals surface area contributed by atoms with Crippen molar-refractivity contribution in [3.05, 3.63) is 34.9 Å². The molecule has 3 nitrogen and oxygen atoms in total. The second-order valence-electron chi connectivity index (χ2n) is 5.88. The van der Waals surface area contributed by atoms with E-state index < -0.39 is 0 Å². The summed E-state index contributed by atoms with van der Waals surface area (Å²) < 4.78 is 0. The Morgan fingerprint density at radius 3 is 2.75 bits per heavy atom. The molecule has 1 aromatic carbocycles. The van der Waals surface area contributed by atoms with Crippen molar-refractivity contribution in [1.29, 1.82) is 0 Å². The first kappa shape index (κ1) is 13.9. The summed E-state index contributed by atoms with van der Waals surface area (Å²) in [6.45, 7) is 3.00. The van der Waals surface area contributed by atoms with Crippen molar-refractivity contribution in [2.45, 2.75) is 31.7 Å². The normalized spacial score (nSPS) is 22.6. The number of amides is 1. The molecule has 2 aliphatic rings. The lowest BCUT2D eigenvalue weighted by Gasteiger charge is -2.30. The molecule has 20 heavy (non-hydrogen) atoms. The Kier molecular flexibility index (Phi) is 4.27. The molecule has 1 aromatic rings. The molecule has 1 aliphatic carbocycles. The number of rotatable bonds is 4. The van der Waals surface area contributed by atoms with Crippen molar-refractivity contribution < 1.29 is 4.79 Å². The third-order valence-corrected chi connectivity index (χ3v) is 4.54. The van der Waals surface area contributed by atoms with Crippen LogP contribution in [0.1, 0.15) is 36.0 Å². The van der Waals surface area contributed by atoms with Gasteiger partial charge in [0.2, 0.25) is 0 Å². The summed E-state index contributed by atoms with van der Waals surface area (Å²) >= 11 is 6.17. The van der Waals surface area contributed by atoms with Gasteiger partial charge in [0.25, 0.3) is 5.91 Å². The molecule has 0 bridgehead atoms. The van der Waals surface area contributed by atoms with Gasteiger partial charge in [-0.05, 0) is 56.8 Å². The average Bonchev–Trinajstić information content (AvgIpc) is 3.30. The van der Waals surface area contributed by atoms with Gasteiger partial charge in [0.15, 0.2) is 0 Å². The SMILES string of the molecule is O=C(c1ccccc1Cl)N(CC1CCCNC1)C1CC1. The van der Waals surface area contributed by atoms with Gasteiger partial charge in [0.05, 0.1) is 10.6 Å². The molecule has 1 unspecified atom stereocenters. The van der Waals surface area contributed by atoms with Crippen LogP contribution in [-0.2, 0) is 0 Å². The second-order valence-corrected chi connectivity index (χ2v) is 6.29. The topological polar surface area (TPSA) is 32.3 Å². The summed E-state index contributed by atoms with van der Waals surface area (Å²) in [5.74, 6) is 0.680. The van der Waals surface area contributed by atoms with Crippen molar-refractivity contribution in [3.8, 4) is 0 Å². The minimum absolute atomic E-state index is 0.101. The van der Waals surface area contributed by atoms with Crippen LogP contribution in [0.5, 0.6) is 0 Å². The van der Waals surface area contributed by atoms with E-state index in [1.165, 1.54) is 12.8 Å². The van der Waals surface area contributed by atoms with E-state index >= 15 is 0 Å². The molecule has 4 heteroatoms. The number of carbonyl (C=O) groups excluding carboxylic acids is 1. The van der Waals surface area contributed by atoms with Crippen LogP contribution in [0.2, 0.25) is 5.02 Å². The van der Waals surface area contributed by atoms with Crippen molar-refractivity contribution in [1.82, 2.24) is 10.2 Å². The van der Waals surface area contributed by atoms with Gasteiger partial charge < -0.3 is 10.2 Å². The maximum absolute atomic E-state index is 12.7. The van der Waals surface area contributed by atoms with Crippen LogP contribution in [0.15, 0.2) is 24.3 Å². The van der Waals surface area contributed by atoms with E-state index in [0.717, 1.165) is 32.5 Å². The van der Waals surface area contributed by atoms with E-state index in [4.69, 9.17) is 11.6 Å². The molecule has 1 saturated carbocycles. The Balaban J connectivity index is 1.73. The minimum atomic E-state index is 0.101. The molecule has 108 valence electrons. The first-order chi connectivity index (χ1) is 9.75. The zero-order valence-electron chi connectivity index (χ0n) is 11.6. The molecule has 2 fully saturated rings. The Labute approximate surface area is 125 Å². The van der Waals surface area contributed by atoms with Gasteiger partial charge in [-0.25, -0.2) is 0 Å². The molecule has 0 radical (unpaired) electrons. The number of carbonyl (C=O) groups is 1. The molecular formula is C16H21ClN2O. The Morgan fingerprint density at radius 1 is 1.30 bits per heavy atom. The number of nitrogens with zero attached hydrogens (tertiary/aromatic N) is 1.